The molecule has 7 heteroatoms. The van der Waals surface area contributed by atoms with Crippen LogP contribution in [0.2, 0.25) is 0 Å². The third kappa shape index (κ3) is 2.18. The fourth-order valence-electron chi connectivity index (χ4n) is 1.05. The van der Waals surface area contributed by atoms with Gasteiger partial charge in [-0.1, -0.05) is 11.3 Å². The van der Waals surface area contributed by atoms with Gasteiger partial charge in [-0.3, -0.25) is 10.1 Å². The molecular formula is C8H9N5OS. The first kappa shape index (κ1) is 9.78. The van der Waals surface area contributed by atoms with Crippen LogP contribution in [0.4, 0.5) is 5.13 Å². The molecule has 2 rings (SSSR count). The normalized spacial score (nSPS) is 10.3. The molecule has 0 saturated heterocycles. The van der Waals surface area contributed by atoms with Crippen molar-refractivity contribution in [3.8, 4) is 0 Å². The number of aryl methyl sites for hydroxylation is 2. The van der Waals surface area contributed by atoms with Gasteiger partial charge < -0.3 is 4.98 Å². The molecule has 0 fully saturated rings. The van der Waals surface area contributed by atoms with Crippen LogP contribution in [0.1, 0.15) is 21.3 Å². The van der Waals surface area contributed by atoms with E-state index in [0.29, 0.717) is 16.6 Å². The number of aromatic nitrogens is 4. The summed E-state index contributed by atoms with van der Waals surface area (Å²) in [7, 11) is 0. The average molecular weight is 223 g/mol. The lowest BCUT2D eigenvalue weighted by molar-refractivity contribution is 0.102. The van der Waals surface area contributed by atoms with Crippen molar-refractivity contribution in [1.29, 1.82) is 0 Å². The Morgan fingerprint density at radius 1 is 1.47 bits per heavy atom. The number of H-pyrrole nitrogens is 1. The number of rotatable bonds is 2. The SMILES string of the molecule is Cc1ncc(C(=O)Nc2nnc(C)s2)[nH]1. The Morgan fingerprint density at radius 2 is 2.27 bits per heavy atom. The number of imidazole rings is 1. The zero-order valence-electron chi connectivity index (χ0n) is 8.24. The molecule has 6 nitrogen and oxygen atoms in total. The van der Waals surface area contributed by atoms with Gasteiger partial charge in [0.1, 0.15) is 16.5 Å². The minimum Gasteiger partial charge on any atom is -0.338 e. The second-order valence-corrected chi connectivity index (χ2v) is 4.14. The molecule has 2 N–H and O–H groups in total. The summed E-state index contributed by atoms with van der Waals surface area (Å²) in [4.78, 5) is 18.4. The number of amides is 1. The van der Waals surface area contributed by atoms with Gasteiger partial charge >= 0.3 is 0 Å². The lowest BCUT2D eigenvalue weighted by Crippen LogP contribution is -2.12. The summed E-state index contributed by atoms with van der Waals surface area (Å²) in [6.07, 6.45) is 1.48. The molecule has 1 amide bonds. The van der Waals surface area contributed by atoms with Crippen LogP contribution in [0, 0.1) is 13.8 Å². The first-order chi connectivity index (χ1) is 7.15. The third-order valence-corrected chi connectivity index (χ3v) is 2.45. The van der Waals surface area contributed by atoms with Crippen LogP contribution in [-0.4, -0.2) is 26.1 Å². The minimum atomic E-state index is -0.258. The summed E-state index contributed by atoms with van der Waals surface area (Å²) in [5, 5.41) is 11.5. The summed E-state index contributed by atoms with van der Waals surface area (Å²) in [6, 6.07) is 0. The quantitative estimate of drug-likeness (QED) is 0.799. The van der Waals surface area contributed by atoms with Crippen molar-refractivity contribution in [1.82, 2.24) is 20.2 Å². The lowest BCUT2D eigenvalue weighted by Gasteiger charge is -1.96. The van der Waals surface area contributed by atoms with E-state index in [1.807, 2.05) is 6.92 Å². The maximum Gasteiger partial charge on any atom is 0.275 e. The number of aromatic amines is 1. The Morgan fingerprint density at radius 3 is 2.80 bits per heavy atom. The molecule has 0 aliphatic heterocycles. The largest absolute Gasteiger partial charge is 0.338 e. The zero-order valence-corrected chi connectivity index (χ0v) is 9.05. The molecule has 0 aliphatic rings. The van der Waals surface area contributed by atoms with Crippen LogP contribution in [0.3, 0.4) is 0 Å². The van der Waals surface area contributed by atoms with Gasteiger partial charge in [0.15, 0.2) is 0 Å². The van der Waals surface area contributed by atoms with Crippen LogP contribution in [0.5, 0.6) is 0 Å². The molecular weight excluding hydrogens is 214 g/mol. The first-order valence-corrected chi connectivity index (χ1v) is 5.10. The highest BCUT2D eigenvalue weighted by atomic mass is 32.1. The number of anilines is 1. The third-order valence-electron chi connectivity index (χ3n) is 1.69. The summed E-state index contributed by atoms with van der Waals surface area (Å²) >= 11 is 1.33. The van der Waals surface area contributed by atoms with Crippen molar-refractivity contribution in [2.75, 3.05) is 5.32 Å². The van der Waals surface area contributed by atoms with Crippen LogP contribution < -0.4 is 5.32 Å². The summed E-state index contributed by atoms with van der Waals surface area (Å²) in [5.74, 6) is 0.445. The number of carbonyl (C=O) groups is 1. The molecule has 0 spiro atoms. The highest BCUT2D eigenvalue weighted by Gasteiger charge is 2.10. The fourth-order valence-corrected chi connectivity index (χ4v) is 1.63. The van der Waals surface area contributed by atoms with Gasteiger partial charge in [-0.05, 0) is 13.8 Å². The summed E-state index contributed by atoms with van der Waals surface area (Å²) in [6.45, 7) is 3.61. The minimum absolute atomic E-state index is 0.258. The molecule has 78 valence electrons. The average Bonchev–Trinajstić information content (AvgIpc) is 2.75. The second-order valence-electron chi connectivity index (χ2n) is 2.96. The number of nitrogens with one attached hydrogen (secondary N) is 2. The van der Waals surface area contributed by atoms with E-state index in [1.165, 1.54) is 17.5 Å². The number of hydrogen-bond acceptors (Lipinski definition) is 5. The van der Waals surface area contributed by atoms with E-state index in [1.54, 1.807) is 6.92 Å². The van der Waals surface area contributed by atoms with Crippen molar-refractivity contribution in [3.63, 3.8) is 0 Å². The van der Waals surface area contributed by atoms with Gasteiger partial charge in [0, 0.05) is 0 Å². The molecule has 0 radical (unpaired) electrons. The Hall–Kier alpha value is -1.76. The number of hydrogen-bond donors (Lipinski definition) is 2. The zero-order chi connectivity index (χ0) is 10.8. The highest BCUT2D eigenvalue weighted by molar-refractivity contribution is 7.15. The second kappa shape index (κ2) is 3.77. The predicted octanol–water partition coefficient (Wildman–Crippen LogP) is 1.13. The van der Waals surface area contributed by atoms with Crippen LogP contribution in [0.25, 0.3) is 0 Å². The molecule has 2 aromatic heterocycles. The van der Waals surface area contributed by atoms with Crippen molar-refractivity contribution in [3.05, 3.63) is 22.7 Å². The van der Waals surface area contributed by atoms with Crippen LogP contribution in [-0.2, 0) is 0 Å². The van der Waals surface area contributed by atoms with Crippen LogP contribution in [0.15, 0.2) is 6.20 Å². The Balaban J connectivity index is 2.10. The smallest absolute Gasteiger partial charge is 0.275 e. The number of nitrogens with zero attached hydrogens (tertiary/aromatic N) is 3. The van der Waals surface area contributed by atoms with Crippen molar-refractivity contribution in [2.24, 2.45) is 0 Å². The Kier molecular flexibility index (Phi) is 2.46. The first-order valence-electron chi connectivity index (χ1n) is 4.28. The van der Waals surface area contributed by atoms with Crippen molar-refractivity contribution in [2.45, 2.75) is 13.8 Å². The molecule has 0 aromatic carbocycles. The summed E-state index contributed by atoms with van der Waals surface area (Å²) in [5.41, 5.74) is 0.417. The highest BCUT2D eigenvalue weighted by Crippen LogP contribution is 2.14. The van der Waals surface area contributed by atoms with E-state index in [9.17, 15) is 4.79 Å². The Labute approximate surface area is 89.8 Å². The monoisotopic (exact) mass is 223 g/mol. The maximum atomic E-state index is 11.6. The predicted molar refractivity (Wildman–Crippen MR) is 55.9 cm³/mol. The topological polar surface area (TPSA) is 83.6 Å². The lowest BCUT2D eigenvalue weighted by atomic mass is 10.4. The van der Waals surface area contributed by atoms with Gasteiger partial charge in [0.2, 0.25) is 5.13 Å². The standard InChI is InChI=1S/C8H9N5OS/c1-4-9-3-6(10-4)7(14)11-8-13-12-5(2)15-8/h3H,1-2H3,(H,9,10)(H,11,13,14). The van der Waals surface area contributed by atoms with Gasteiger partial charge in [-0.25, -0.2) is 4.98 Å². The molecule has 0 saturated carbocycles. The van der Waals surface area contributed by atoms with E-state index in [4.69, 9.17) is 0 Å². The molecule has 0 bridgehead atoms. The van der Waals surface area contributed by atoms with Crippen molar-refractivity contribution >= 4 is 22.4 Å². The molecule has 0 aliphatic carbocycles. The van der Waals surface area contributed by atoms with E-state index < -0.39 is 0 Å². The summed E-state index contributed by atoms with van der Waals surface area (Å²) < 4.78 is 0. The molecule has 0 unspecified atom stereocenters. The van der Waals surface area contributed by atoms with E-state index in [0.717, 1.165) is 5.01 Å². The molecule has 2 heterocycles. The van der Waals surface area contributed by atoms with Gasteiger partial charge in [0.05, 0.1) is 6.20 Å². The van der Waals surface area contributed by atoms with Gasteiger partial charge in [0.25, 0.3) is 5.91 Å². The maximum absolute atomic E-state index is 11.6. The van der Waals surface area contributed by atoms with Gasteiger partial charge in [-0.2, -0.15) is 0 Å². The molecule has 0 atom stereocenters. The van der Waals surface area contributed by atoms with Crippen LogP contribution >= 0.6 is 11.3 Å². The van der Waals surface area contributed by atoms with E-state index in [2.05, 4.69) is 25.5 Å². The van der Waals surface area contributed by atoms with E-state index in [-0.39, 0.29) is 5.91 Å². The fraction of sp³-hybridized carbons (Fsp3) is 0.250. The van der Waals surface area contributed by atoms with E-state index >= 15 is 0 Å². The molecule has 15 heavy (non-hydrogen) atoms. The number of carbonyl (C=O) groups excluding carboxylic acids is 1. The Bertz CT molecular complexity index is 489. The van der Waals surface area contributed by atoms with Crippen molar-refractivity contribution < 1.29 is 4.79 Å². The molecule has 2 aromatic rings. The van der Waals surface area contributed by atoms with Gasteiger partial charge in [-0.15, -0.1) is 10.2 Å².